The van der Waals surface area contributed by atoms with Gasteiger partial charge in [0.15, 0.2) is 0 Å². The number of hydrogen-bond acceptors (Lipinski definition) is 2. The van der Waals surface area contributed by atoms with Gasteiger partial charge in [-0.2, -0.15) is 0 Å². The fraction of sp³-hybridized carbons (Fsp3) is 0.533. The van der Waals surface area contributed by atoms with Crippen molar-refractivity contribution < 1.29 is 4.79 Å². The SMILES string of the molecule is CCc1ccc(C(C)NCCN2CCNC2=O)cc1. The molecule has 4 nitrogen and oxygen atoms in total. The number of carbonyl (C=O) groups is 1. The summed E-state index contributed by atoms with van der Waals surface area (Å²) in [4.78, 5) is 13.2. The van der Waals surface area contributed by atoms with Crippen molar-refractivity contribution in [1.82, 2.24) is 15.5 Å². The standard InChI is InChI=1S/C15H23N3O/c1-3-13-4-6-14(7-5-13)12(2)16-8-10-18-11-9-17-15(18)19/h4-7,12,16H,3,8-11H2,1-2H3,(H,17,19). The van der Waals surface area contributed by atoms with Crippen LogP contribution in [0.25, 0.3) is 0 Å². The van der Waals surface area contributed by atoms with Crippen LogP contribution < -0.4 is 10.6 Å². The highest BCUT2D eigenvalue weighted by Crippen LogP contribution is 2.13. The Bertz CT molecular complexity index is 416. The van der Waals surface area contributed by atoms with E-state index in [4.69, 9.17) is 0 Å². The lowest BCUT2D eigenvalue weighted by Gasteiger charge is -2.18. The third-order valence-electron chi connectivity index (χ3n) is 3.67. The minimum absolute atomic E-state index is 0.0572. The number of amides is 2. The van der Waals surface area contributed by atoms with Crippen LogP contribution in [0.4, 0.5) is 4.79 Å². The van der Waals surface area contributed by atoms with Gasteiger partial charge >= 0.3 is 6.03 Å². The Balaban J connectivity index is 1.77. The van der Waals surface area contributed by atoms with Crippen molar-refractivity contribution >= 4 is 6.03 Å². The smallest absolute Gasteiger partial charge is 0.317 e. The maximum absolute atomic E-state index is 11.4. The first kappa shape index (κ1) is 13.9. The summed E-state index contributed by atoms with van der Waals surface area (Å²) in [7, 11) is 0. The maximum Gasteiger partial charge on any atom is 0.317 e. The van der Waals surface area contributed by atoms with E-state index >= 15 is 0 Å². The van der Waals surface area contributed by atoms with E-state index in [1.165, 1.54) is 11.1 Å². The Hall–Kier alpha value is -1.55. The molecule has 0 saturated carbocycles. The van der Waals surface area contributed by atoms with Gasteiger partial charge < -0.3 is 15.5 Å². The van der Waals surface area contributed by atoms with E-state index in [-0.39, 0.29) is 6.03 Å². The van der Waals surface area contributed by atoms with Gasteiger partial charge in [0.1, 0.15) is 0 Å². The molecule has 2 rings (SSSR count). The van der Waals surface area contributed by atoms with Crippen molar-refractivity contribution in [2.75, 3.05) is 26.2 Å². The van der Waals surface area contributed by atoms with Crippen LogP contribution in [0.2, 0.25) is 0 Å². The highest BCUT2D eigenvalue weighted by Gasteiger charge is 2.18. The van der Waals surface area contributed by atoms with Gasteiger partial charge in [0.05, 0.1) is 0 Å². The first-order valence-electron chi connectivity index (χ1n) is 7.05. The zero-order chi connectivity index (χ0) is 13.7. The van der Waals surface area contributed by atoms with Crippen molar-refractivity contribution in [2.24, 2.45) is 0 Å². The van der Waals surface area contributed by atoms with Crippen LogP contribution >= 0.6 is 0 Å². The molecule has 0 aromatic heterocycles. The number of benzene rings is 1. The van der Waals surface area contributed by atoms with E-state index in [1.54, 1.807) is 0 Å². The van der Waals surface area contributed by atoms with E-state index in [1.807, 2.05) is 4.90 Å². The summed E-state index contributed by atoms with van der Waals surface area (Å²) >= 11 is 0. The zero-order valence-electron chi connectivity index (χ0n) is 11.8. The van der Waals surface area contributed by atoms with Gasteiger partial charge in [0, 0.05) is 32.2 Å². The van der Waals surface area contributed by atoms with Gasteiger partial charge in [-0.15, -0.1) is 0 Å². The van der Waals surface area contributed by atoms with Gasteiger partial charge in [-0.3, -0.25) is 0 Å². The Morgan fingerprint density at radius 1 is 1.37 bits per heavy atom. The second-order valence-corrected chi connectivity index (χ2v) is 4.99. The molecule has 4 heteroatoms. The molecule has 0 bridgehead atoms. The highest BCUT2D eigenvalue weighted by molar-refractivity contribution is 5.76. The third kappa shape index (κ3) is 3.70. The highest BCUT2D eigenvalue weighted by atomic mass is 16.2. The Kier molecular flexibility index (Phi) is 4.80. The fourth-order valence-electron chi connectivity index (χ4n) is 2.30. The van der Waals surface area contributed by atoms with E-state index in [0.29, 0.717) is 6.04 Å². The molecule has 1 unspecified atom stereocenters. The van der Waals surface area contributed by atoms with Crippen LogP contribution in [-0.2, 0) is 6.42 Å². The lowest BCUT2D eigenvalue weighted by atomic mass is 10.1. The largest absolute Gasteiger partial charge is 0.336 e. The molecule has 1 aromatic rings. The van der Waals surface area contributed by atoms with E-state index in [9.17, 15) is 4.79 Å². The first-order valence-corrected chi connectivity index (χ1v) is 7.05. The van der Waals surface area contributed by atoms with Crippen LogP contribution in [0.15, 0.2) is 24.3 Å². The molecular weight excluding hydrogens is 238 g/mol. The lowest BCUT2D eigenvalue weighted by Crippen LogP contribution is -2.35. The summed E-state index contributed by atoms with van der Waals surface area (Å²) in [6.45, 7) is 7.50. The van der Waals surface area contributed by atoms with Gasteiger partial charge in [-0.05, 0) is 24.5 Å². The minimum atomic E-state index is 0.0572. The summed E-state index contributed by atoms with van der Waals surface area (Å²) in [5.41, 5.74) is 2.66. The number of nitrogens with one attached hydrogen (secondary N) is 2. The van der Waals surface area contributed by atoms with Gasteiger partial charge in [0.25, 0.3) is 0 Å². The first-order chi connectivity index (χ1) is 9.20. The maximum atomic E-state index is 11.4. The average molecular weight is 261 g/mol. The lowest BCUT2D eigenvalue weighted by molar-refractivity contribution is 0.217. The summed E-state index contributed by atoms with van der Waals surface area (Å²) in [6, 6.07) is 9.10. The summed E-state index contributed by atoms with van der Waals surface area (Å²) in [5.74, 6) is 0. The molecule has 1 aliphatic heterocycles. The molecule has 1 heterocycles. The fourth-order valence-corrected chi connectivity index (χ4v) is 2.30. The van der Waals surface area contributed by atoms with Crippen LogP contribution in [0.1, 0.15) is 31.0 Å². The molecule has 1 fully saturated rings. The van der Waals surface area contributed by atoms with E-state index < -0.39 is 0 Å². The molecule has 0 spiro atoms. The van der Waals surface area contributed by atoms with Gasteiger partial charge in [-0.25, -0.2) is 4.79 Å². The molecule has 19 heavy (non-hydrogen) atoms. The van der Waals surface area contributed by atoms with Crippen molar-refractivity contribution in [1.29, 1.82) is 0 Å². The Labute approximate surface area is 115 Å². The predicted molar refractivity (Wildman–Crippen MR) is 77.2 cm³/mol. The molecule has 1 aliphatic rings. The molecule has 1 atom stereocenters. The van der Waals surface area contributed by atoms with E-state index in [0.717, 1.165) is 32.6 Å². The third-order valence-corrected chi connectivity index (χ3v) is 3.67. The summed E-state index contributed by atoms with van der Waals surface area (Å²) in [6.07, 6.45) is 1.08. The number of rotatable bonds is 6. The normalized spacial score (nSPS) is 16.5. The molecule has 2 N–H and O–H groups in total. The Morgan fingerprint density at radius 2 is 2.11 bits per heavy atom. The topological polar surface area (TPSA) is 44.4 Å². The number of aryl methyl sites for hydroxylation is 1. The molecular formula is C15H23N3O. The molecule has 2 amide bonds. The average Bonchev–Trinajstić information content (AvgIpc) is 2.84. The van der Waals surface area contributed by atoms with Crippen molar-refractivity contribution in [3.8, 4) is 0 Å². The second kappa shape index (κ2) is 6.57. The minimum Gasteiger partial charge on any atom is -0.336 e. The molecule has 1 aromatic carbocycles. The number of carbonyl (C=O) groups excluding carboxylic acids is 1. The molecule has 0 radical (unpaired) electrons. The number of nitrogens with zero attached hydrogens (tertiary/aromatic N) is 1. The zero-order valence-corrected chi connectivity index (χ0v) is 11.8. The van der Waals surface area contributed by atoms with Gasteiger partial charge in [-0.1, -0.05) is 31.2 Å². The van der Waals surface area contributed by atoms with Crippen molar-refractivity contribution in [3.63, 3.8) is 0 Å². The van der Waals surface area contributed by atoms with Crippen LogP contribution in [0.3, 0.4) is 0 Å². The second-order valence-electron chi connectivity index (χ2n) is 4.99. The predicted octanol–water partition coefficient (Wildman–Crippen LogP) is 1.92. The number of hydrogen-bond donors (Lipinski definition) is 2. The van der Waals surface area contributed by atoms with Crippen LogP contribution in [-0.4, -0.2) is 37.1 Å². The summed E-state index contributed by atoms with van der Waals surface area (Å²) < 4.78 is 0. The van der Waals surface area contributed by atoms with Crippen molar-refractivity contribution in [3.05, 3.63) is 35.4 Å². The molecule has 104 valence electrons. The van der Waals surface area contributed by atoms with Gasteiger partial charge in [0.2, 0.25) is 0 Å². The van der Waals surface area contributed by atoms with Crippen LogP contribution in [0.5, 0.6) is 0 Å². The summed E-state index contributed by atoms with van der Waals surface area (Å²) in [5, 5.41) is 6.27. The quantitative estimate of drug-likeness (QED) is 0.822. The molecule has 0 aliphatic carbocycles. The Morgan fingerprint density at radius 3 is 2.68 bits per heavy atom. The van der Waals surface area contributed by atoms with Crippen LogP contribution in [0, 0.1) is 0 Å². The van der Waals surface area contributed by atoms with Crippen molar-refractivity contribution in [2.45, 2.75) is 26.3 Å². The van der Waals surface area contributed by atoms with E-state index in [2.05, 4.69) is 48.7 Å². The molecule has 1 saturated heterocycles. The monoisotopic (exact) mass is 261 g/mol. The number of urea groups is 1.